The third-order valence-electron chi connectivity index (χ3n) is 3.05. The Morgan fingerprint density at radius 2 is 1.76 bits per heavy atom. The van der Waals surface area contributed by atoms with Crippen LogP contribution in [0.5, 0.6) is 11.5 Å². The molecule has 0 N–H and O–H groups in total. The van der Waals surface area contributed by atoms with E-state index in [4.69, 9.17) is 9.47 Å². The van der Waals surface area contributed by atoms with E-state index in [1.165, 1.54) is 0 Å². The SMILES string of the molecule is O=C(c1cncc(Br)c1)c1cc2c(cc1Br)OCCCO2. The van der Waals surface area contributed by atoms with Crippen molar-refractivity contribution in [3.63, 3.8) is 0 Å². The Hall–Kier alpha value is -1.40. The second kappa shape index (κ2) is 6.15. The van der Waals surface area contributed by atoms with Crippen LogP contribution in [-0.4, -0.2) is 24.0 Å². The van der Waals surface area contributed by atoms with E-state index in [9.17, 15) is 4.79 Å². The summed E-state index contributed by atoms with van der Waals surface area (Å²) in [6.07, 6.45) is 4.01. The maximum Gasteiger partial charge on any atom is 0.195 e. The van der Waals surface area contributed by atoms with Crippen molar-refractivity contribution in [1.29, 1.82) is 0 Å². The maximum atomic E-state index is 12.6. The number of carbonyl (C=O) groups excluding carboxylic acids is 1. The summed E-state index contributed by atoms with van der Waals surface area (Å²) in [6.45, 7) is 1.20. The molecule has 21 heavy (non-hydrogen) atoms. The molecule has 0 saturated carbocycles. The molecule has 0 radical (unpaired) electrons. The van der Waals surface area contributed by atoms with E-state index in [-0.39, 0.29) is 5.78 Å². The summed E-state index contributed by atoms with van der Waals surface area (Å²) in [5, 5.41) is 0. The van der Waals surface area contributed by atoms with Crippen LogP contribution in [0.25, 0.3) is 0 Å². The van der Waals surface area contributed by atoms with Crippen molar-refractivity contribution >= 4 is 37.6 Å². The topological polar surface area (TPSA) is 48.4 Å². The van der Waals surface area contributed by atoms with Gasteiger partial charge in [-0.25, -0.2) is 0 Å². The van der Waals surface area contributed by atoms with E-state index in [1.54, 1.807) is 30.6 Å². The number of ether oxygens (including phenoxy) is 2. The lowest BCUT2D eigenvalue weighted by Crippen LogP contribution is -2.04. The number of carbonyl (C=O) groups is 1. The minimum Gasteiger partial charge on any atom is -0.490 e. The standard InChI is InChI=1S/C15H11Br2NO3/c16-10-4-9(7-18-8-10)15(19)11-5-13-14(6-12(11)17)21-3-1-2-20-13/h4-8H,1-3H2. The summed E-state index contributed by atoms with van der Waals surface area (Å²) in [5.41, 5.74) is 1.04. The van der Waals surface area contributed by atoms with Crippen molar-refractivity contribution in [3.05, 3.63) is 50.7 Å². The fourth-order valence-corrected chi connectivity index (χ4v) is 2.92. The summed E-state index contributed by atoms with van der Waals surface area (Å²) in [5.74, 6) is 1.14. The van der Waals surface area contributed by atoms with Crippen molar-refractivity contribution in [1.82, 2.24) is 4.98 Å². The first-order chi connectivity index (χ1) is 10.1. The Bertz CT molecular complexity index is 703. The maximum absolute atomic E-state index is 12.6. The fraction of sp³-hybridized carbons (Fsp3) is 0.200. The summed E-state index contributed by atoms with van der Waals surface area (Å²) >= 11 is 6.75. The number of hydrogen-bond donors (Lipinski definition) is 0. The number of benzene rings is 1. The Morgan fingerprint density at radius 1 is 1.05 bits per heavy atom. The van der Waals surface area contributed by atoms with Gasteiger partial charge in [0, 0.05) is 38.9 Å². The van der Waals surface area contributed by atoms with Gasteiger partial charge in [0.25, 0.3) is 0 Å². The number of ketones is 1. The van der Waals surface area contributed by atoms with Gasteiger partial charge >= 0.3 is 0 Å². The van der Waals surface area contributed by atoms with E-state index < -0.39 is 0 Å². The second-order valence-corrected chi connectivity index (χ2v) is 6.32. The molecule has 1 aliphatic heterocycles. The Morgan fingerprint density at radius 3 is 2.48 bits per heavy atom. The molecule has 0 amide bonds. The van der Waals surface area contributed by atoms with Crippen LogP contribution < -0.4 is 9.47 Å². The predicted molar refractivity (Wildman–Crippen MR) is 85.1 cm³/mol. The van der Waals surface area contributed by atoms with Crippen molar-refractivity contribution < 1.29 is 14.3 Å². The Kier molecular flexibility index (Phi) is 4.26. The monoisotopic (exact) mass is 411 g/mol. The van der Waals surface area contributed by atoms with Crippen LogP contribution in [0.2, 0.25) is 0 Å². The molecule has 0 unspecified atom stereocenters. The van der Waals surface area contributed by atoms with E-state index in [1.807, 2.05) is 0 Å². The molecule has 0 spiro atoms. The fourth-order valence-electron chi connectivity index (χ4n) is 2.05. The van der Waals surface area contributed by atoms with E-state index in [0.717, 1.165) is 10.9 Å². The van der Waals surface area contributed by atoms with Crippen molar-refractivity contribution in [3.8, 4) is 11.5 Å². The van der Waals surface area contributed by atoms with Crippen LogP contribution in [0.1, 0.15) is 22.3 Å². The zero-order chi connectivity index (χ0) is 14.8. The number of halogens is 2. The van der Waals surface area contributed by atoms with Gasteiger partial charge in [-0.2, -0.15) is 0 Å². The van der Waals surface area contributed by atoms with Crippen LogP contribution in [-0.2, 0) is 0 Å². The lowest BCUT2D eigenvalue weighted by atomic mass is 10.0. The second-order valence-electron chi connectivity index (χ2n) is 4.55. The van der Waals surface area contributed by atoms with Gasteiger partial charge in [0.05, 0.1) is 13.2 Å². The minimum atomic E-state index is -0.119. The molecule has 0 aliphatic carbocycles. The number of nitrogens with zero attached hydrogens (tertiary/aromatic N) is 1. The first kappa shape index (κ1) is 14.5. The smallest absolute Gasteiger partial charge is 0.195 e. The molecule has 108 valence electrons. The minimum absolute atomic E-state index is 0.119. The zero-order valence-electron chi connectivity index (χ0n) is 10.9. The lowest BCUT2D eigenvalue weighted by molar-refractivity contribution is 0.103. The highest BCUT2D eigenvalue weighted by Gasteiger charge is 2.19. The van der Waals surface area contributed by atoms with Crippen molar-refractivity contribution in [2.75, 3.05) is 13.2 Å². The highest BCUT2D eigenvalue weighted by Crippen LogP contribution is 2.36. The molecule has 0 saturated heterocycles. The van der Waals surface area contributed by atoms with Gasteiger partial charge in [0.1, 0.15) is 0 Å². The van der Waals surface area contributed by atoms with Gasteiger partial charge in [-0.15, -0.1) is 0 Å². The van der Waals surface area contributed by atoms with Crippen LogP contribution in [0, 0.1) is 0 Å². The van der Waals surface area contributed by atoms with Gasteiger partial charge < -0.3 is 9.47 Å². The molecule has 0 atom stereocenters. The van der Waals surface area contributed by atoms with Crippen LogP contribution in [0.4, 0.5) is 0 Å². The molecule has 1 aliphatic rings. The average Bonchev–Trinajstić information content (AvgIpc) is 2.70. The van der Waals surface area contributed by atoms with Crippen molar-refractivity contribution in [2.24, 2.45) is 0 Å². The first-order valence-electron chi connectivity index (χ1n) is 6.39. The molecule has 1 aromatic heterocycles. The van der Waals surface area contributed by atoms with E-state index in [2.05, 4.69) is 36.8 Å². The van der Waals surface area contributed by atoms with Gasteiger partial charge in [-0.1, -0.05) is 0 Å². The number of pyridine rings is 1. The molecule has 0 fully saturated rings. The quantitative estimate of drug-likeness (QED) is 0.699. The van der Waals surface area contributed by atoms with Gasteiger partial charge in [-0.05, 0) is 50.1 Å². The highest BCUT2D eigenvalue weighted by atomic mass is 79.9. The number of fused-ring (bicyclic) bond motifs is 1. The molecule has 3 rings (SSSR count). The molecule has 2 aromatic rings. The summed E-state index contributed by atoms with van der Waals surface area (Å²) < 4.78 is 12.7. The lowest BCUT2D eigenvalue weighted by Gasteiger charge is -2.11. The summed E-state index contributed by atoms with van der Waals surface area (Å²) in [4.78, 5) is 16.6. The predicted octanol–water partition coefficient (Wildman–Crippen LogP) is 4.00. The normalized spacial score (nSPS) is 13.6. The van der Waals surface area contributed by atoms with Gasteiger partial charge in [0.2, 0.25) is 0 Å². The van der Waals surface area contributed by atoms with Gasteiger partial charge in [0.15, 0.2) is 17.3 Å². The zero-order valence-corrected chi connectivity index (χ0v) is 14.1. The van der Waals surface area contributed by atoms with E-state index >= 15 is 0 Å². The van der Waals surface area contributed by atoms with Crippen molar-refractivity contribution in [2.45, 2.75) is 6.42 Å². The van der Waals surface area contributed by atoms with Gasteiger partial charge in [-0.3, -0.25) is 9.78 Å². The molecule has 2 heterocycles. The number of hydrogen-bond acceptors (Lipinski definition) is 4. The number of rotatable bonds is 2. The van der Waals surface area contributed by atoms with Crippen LogP contribution in [0.3, 0.4) is 0 Å². The van der Waals surface area contributed by atoms with Crippen LogP contribution >= 0.6 is 31.9 Å². The largest absolute Gasteiger partial charge is 0.490 e. The third kappa shape index (κ3) is 3.11. The number of aromatic nitrogens is 1. The molecule has 6 heteroatoms. The molecule has 4 nitrogen and oxygen atoms in total. The molecule has 1 aromatic carbocycles. The molecule has 0 bridgehead atoms. The molecular formula is C15H11Br2NO3. The average molecular weight is 413 g/mol. The summed E-state index contributed by atoms with van der Waals surface area (Å²) in [7, 11) is 0. The summed E-state index contributed by atoms with van der Waals surface area (Å²) in [6, 6.07) is 5.23. The third-order valence-corrected chi connectivity index (χ3v) is 4.14. The van der Waals surface area contributed by atoms with E-state index in [0.29, 0.717) is 40.3 Å². The first-order valence-corrected chi connectivity index (χ1v) is 7.98. The molecular weight excluding hydrogens is 402 g/mol. The Labute approximate surface area is 138 Å². The Balaban J connectivity index is 2.02. The van der Waals surface area contributed by atoms with Crippen LogP contribution in [0.15, 0.2) is 39.5 Å². The highest BCUT2D eigenvalue weighted by molar-refractivity contribution is 9.10.